The fourth-order valence-electron chi connectivity index (χ4n) is 1.20. The van der Waals surface area contributed by atoms with E-state index in [2.05, 4.69) is 0 Å². The van der Waals surface area contributed by atoms with Gasteiger partial charge in [-0.25, -0.2) is 0 Å². The van der Waals surface area contributed by atoms with Gasteiger partial charge >= 0.3 is 0 Å². The second kappa shape index (κ2) is 5.19. The fraction of sp³-hybridized carbons (Fsp3) is 1.00. The Labute approximate surface area is 102 Å². The van der Waals surface area contributed by atoms with Crippen molar-refractivity contribution >= 4 is 20.2 Å². The summed E-state index contributed by atoms with van der Waals surface area (Å²) in [6.45, 7) is 4.21. The summed E-state index contributed by atoms with van der Waals surface area (Å²) in [5, 5.41) is 0. The van der Waals surface area contributed by atoms with Crippen molar-refractivity contribution in [3.05, 3.63) is 0 Å². The first-order valence-corrected chi connectivity index (χ1v) is 7.96. The molecular weight excluding hydrogens is 270 g/mol. The van der Waals surface area contributed by atoms with Gasteiger partial charge in [-0.1, -0.05) is 0 Å². The van der Waals surface area contributed by atoms with Crippen LogP contribution in [0, 0.1) is 0 Å². The summed E-state index contributed by atoms with van der Waals surface area (Å²) in [7, 11) is -6.82. The first-order chi connectivity index (χ1) is 7.29. The third-order valence-corrected chi connectivity index (χ3v) is 5.40. The van der Waals surface area contributed by atoms with E-state index in [1.165, 1.54) is 25.8 Å². The van der Waals surface area contributed by atoms with Crippen molar-refractivity contribution in [1.29, 1.82) is 0 Å². The van der Waals surface area contributed by atoms with Crippen LogP contribution in [0.3, 0.4) is 0 Å². The van der Waals surface area contributed by atoms with Crippen molar-refractivity contribution in [3.63, 3.8) is 0 Å². The first-order valence-electron chi connectivity index (χ1n) is 4.91. The fourth-order valence-corrected chi connectivity index (χ4v) is 2.33. The van der Waals surface area contributed by atoms with Gasteiger partial charge in [-0.05, 0) is 27.8 Å². The van der Waals surface area contributed by atoms with Gasteiger partial charge in [-0.2, -0.15) is 16.8 Å². The molecule has 0 rings (SSSR count). The summed E-state index contributed by atoms with van der Waals surface area (Å²) in [6, 6.07) is -0.612. The van der Waals surface area contributed by atoms with Crippen LogP contribution in [0.4, 0.5) is 0 Å². The topological polar surface area (TPSA) is 112 Å². The van der Waals surface area contributed by atoms with Crippen molar-refractivity contribution in [2.45, 2.75) is 31.6 Å². The Kier molecular flexibility index (Phi) is 5.12. The van der Waals surface area contributed by atoms with Crippen molar-refractivity contribution in [3.8, 4) is 0 Å². The zero-order valence-electron chi connectivity index (χ0n) is 10.3. The quantitative estimate of drug-likeness (QED) is 0.654. The average molecular weight is 289 g/mol. The maximum absolute atomic E-state index is 11.2. The SMILES string of the molecule is CC(N(C)CCS(=O)(=O)O)C(C)(C)S(=O)(=O)O. The lowest BCUT2D eigenvalue weighted by Gasteiger charge is -2.35. The lowest BCUT2D eigenvalue weighted by Crippen LogP contribution is -2.51. The van der Waals surface area contributed by atoms with Crippen molar-refractivity contribution in [2.24, 2.45) is 0 Å². The molecular formula is C8H19NO6S2. The molecule has 0 fully saturated rings. The predicted octanol–water partition coefficient (Wildman–Crippen LogP) is -0.139. The normalized spacial score (nSPS) is 16.2. The molecule has 17 heavy (non-hydrogen) atoms. The standard InChI is InChI=1S/C8H19NO6S2/c1-7(8(2,3)17(13,14)15)9(4)5-6-16(10,11)12/h7H,5-6H2,1-4H3,(H,10,11,12)(H,13,14,15). The Balaban J connectivity index is 4.78. The number of rotatable bonds is 6. The Bertz CT molecular complexity index is 452. The van der Waals surface area contributed by atoms with E-state index < -0.39 is 36.8 Å². The van der Waals surface area contributed by atoms with Gasteiger partial charge in [0.1, 0.15) is 4.75 Å². The lowest BCUT2D eigenvalue weighted by molar-refractivity contribution is 0.221. The molecule has 1 atom stereocenters. The van der Waals surface area contributed by atoms with Gasteiger partial charge in [0.25, 0.3) is 20.2 Å². The highest BCUT2D eigenvalue weighted by atomic mass is 32.2. The summed E-state index contributed by atoms with van der Waals surface area (Å²) in [5.74, 6) is -0.491. The van der Waals surface area contributed by atoms with Crippen LogP contribution in [0.2, 0.25) is 0 Å². The van der Waals surface area contributed by atoms with Crippen LogP contribution in [0.25, 0.3) is 0 Å². The summed E-state index contributed by atoms with van der Waals surface area (Å²) in [5.41, 5.74) is 0. The molecule has 0 aliphatic rings. The maximum atomic E-state index is 11.2. The molecule has 0 radical (unpaired) electrons. The summed E-state index contributed by atoms with van der Waals surface area (Å²) in [4.78, 5) is 1.45. The highest BCUT2D eigenvalue weighted by molar-refractivity contribution is 7.87. The van der Waals surface area contributed by atoms with Crippen LogP contribution in [0.15, 0.2) is 0 Å². The molecule has 7 nitrogen and oxygen atoms in total. The van der Waals surface area contributed by atoms with E-state index in [-0.39, 0.29) is 6.54 Å². The van der Waals surface area contributed by atoms with E-state index in [9.17, 15) is 16.8 Å². The monoisotopic (exact) mass is 289 g/mol. The van der Waals surface area contributed by atoms with Crippen LogP contribution in [-0.2, 0) is 20.2 Å². The molecule has 0 aromatic rings. The molecule has 104 valence electrons. The molecule has 0 aliphatic heterocycles. The minimum atomic E-state index is -4.25. The lowest BCUT2D eigenvalue weighted by atomic mass is 10.0. The van der Waals surface area contributed by atoms with Crippen LogP contribution >= 0.6 is 0 Å². The summed E-state index contributed by atoms with van der Waals surface area (Å²) >= 11 is 0. The molecule has 0 heterocycles. The zero-order chi connectivity index (χ0) is 14.1. The van der Waals surface area contributed by atoms with Crippen molar-refractivity contribution in [1.82, 2.24) is 4.90 Å². The minimum Gasteiger partial charge on any atom is -0.301 e. The number of nitrogens with zero attached hydrogens (tertiary/aromatic N) is 1. The van der Waals surface area contributed by atoms with Gasteiger partial charge in [0.15, 0.2) is 0 Å². The van der Waals surface area contributed by atoms with E-state index in [0.717, 1.165) is 0 Å². The van der Waals surface area contributed by atoms with Gasteiger partial charge in [0.2, 0.25) is 0 Å². The van der Waals surface area contributed by atoms with Gasteiger partial charge in [-0.15, -0.1) is 0 Å². The van der Waals surface area contributed by atoms with Crippen LogP contribution in [-0.4, -0.2) is 61.0 Å². The van der Waals surface area contributed by atoms with Gasteiger partial charge < -0.3 is 4.90 Å². The predicted molar refractivity (Wildman–Crippen MR) is 64.1 cm³/mol. The second-order valence-electron chi connectivity index (χ2n) is 4.52. The Morgan fingerprint density at radius 3 is 1.88 bits per heavy atom. The smallest absolute Gasteiger partial charge is 0.271 e. The molecule has 0 amide bonds. The molecule has 1 unspecified atom stereocenters. The molecule has 0 aromatic carbocycles. The van der Waals surface area contributed by atoms with E-state index in [1.807, 2.05) is 0 Å². The van der Waals surface area contributed by atoms with Crippen molar-refractivity contribution in [2.75, 3.05) is 19.3 Å². The van der Waals surface area contributed by atoms with Gasteiger partial charge in [0.05, 0.1) is 5.75 Å². The minimum absolute atomic E-state index is 0.0288. The molecule has 0 spiro atoms. The van der Waals surface area contributed by atoms with E-state index in [1.54, 1.807) is 6.92 Å². The number of hydrogen-bond acceptors (Lipinski definition) is 5. The Morgan fingerprint density at radius 1 is 1.18 bits per heavy atom. The second-order valence-corrected chi connectivity index (χ2v) is 8.10. The van der Waals surface area contributed by atoms with Gasteiger partial charge in [0, 0.05) is 12.6 Å². The molecule has 0 saturated heterocycles. The molecule has 2 N–H and O–H groups in total. The summed E-state index contributed by atoms with van der Waals surface area (Å²) < 4.78 is 59.7. The van der Waals surface area contributed by atoms with Crippen LogP contribution in [0.5, 0.6) is 0 Å². The van der Waals surface area contributed by atoms with E-state index in [0.29, 0.717) is 0 Å². The highest BCUT2D eigenvalue weighted by Crippen LogP contribution is 2.23. The van der Waals surface area contributed by atoms with E-state index in [4.69, 9.17) is 9.11 Å². The molecule has 0 saturated carbocycles. The molecule has 9 heteroatoms. The Hall–Kier alpha value is -0.220. The Morgan fingerprint density at radius 2 is 1.59 bits per heavy atom. The molecule has 0 aromatic heterocycles. The zero-order valence-corrected chi connectivity index (χ0v) is 11.9. The van der Waals surface area contributed by atoms with Crippen LogP contribution in [0.1, 0.15) is 20.8 Å². The van der Waals surface area contributed by atoms with Crippen LogP contribution < -0.4 is 0 Å². The van der Waals surface area contributed by atoms with Crippen molar-refractivity contribution < 1.29 is 25.9 Å². The summed E-state index contributed by atoms with van der Waals surface area (Å²) in [6.07, 6.45) is 0. The molecule has 0 bridgehead atoms. The van der Waals surface area contributed by atoms with Gasteiger partial charge in [-0.3, -0.25) is 9.11 Å². The maximum Gasteiger partial charge on any atom is 0.271 e. The average Bonchev–Trinajstić information content (AvgIpc) is 2.09. The molecule has 0 aliphatic carbocycles. The highest BCUT2D eigenvalue weighted by Gasteiger charge is 2.40. The largest absolute Gasteiger partial charge is 0.301 e. The number of hydrogen-bond donors (Lipinski definition) is 2. The van der Waals surface area contributed by atoms with E-state index >= 15 is 0 Å². The first kappa shape index (κ1) is 16.8. The third kappa shape index (κ3) is 4.88. The third-order valence-electron chi connectivity index (χ3n) is 3.03.